The number of fused-ring (bicyclic) bond motifs is 3. The molecule has 0 amide bonds. The number of para-hydroxylation sites is 1. The Kier molecular flexibility index (Phi) is 12.1. The lowest BCUT2D eigenvalue weighted by molar-refractivity contribution is -0.143. The van der Waals surface area contributed by atoms with E-state index in [1.165, 1.54) is 15.6 Å². The molecule has 0 saturated carbocycles. The second-order valence-electron chi connectivity index (χ2n) is 18.6. The van der Waals surface area contributed by atoms with Gasteiger partial charge in [-0.3, -0.25) is 0 Å². The third-order valence-electron chi connectivity index (χ3n) is 14.0. The van der Waals surface area contributed by atoms with Gasteiger partial charge in [-0.05, 0) is 79.9 Å². The van der Waals surface area contributed by atoms with Crippen LogP contribution in [0.25, 0.3) is 83.9 Å². The molecule has 0 saturated heterocycles. The van der Waals surface area contributed by atoms with Crippen LogP contribution in [0.3, 0.4) is 0 Å². The van der Waals surface area contributed by atoms with Crippen LogP contribution in [-0.4, -0.2) is 27.6 Å². The molecule has 10 aromatic carbocycles. The van der Waals surface area contributed by atoms with Gasteiger partial charge in [0.05, 0.1) is 27.8 Å². The Morgan fingerprint density at radius 1 is 0.303 bits per heavy atom. The summed E-state index contributed by atoms with van der Waals surface area (Å²) >= 11 is 0. The number of hydrogen-bond donors (Lipinski definition) is 0. The van der Waals surface area contributed by atoms with E-state index in [4.69, 9.17) is 15.0 Å². The third kappa shape index (κ3) is 8.73. The topological polar surface area (TPSA) is 43.6 Å². The van der Waals surface area contributed by atoms with Crippen LogP contribution in [0.15, 0.2) is 255 Å². The normalized spacial score (nSPS) is 12.1. The lowest BCUT2D eigenvalue weighted by Gasteiger charge is -2.34. The Labute approximate surface area is 434 Å². The SMILES string of the molecule is FC(F)(F)c1cc(-c2ccc3c(c2)c2ccccc2n3-c2cc(-c3nc(-c4ccccc4)nc(-c4ccccc4)n3)ccc2-c2cccc([Si](c3ccccc3)(c3ccccc3)c3ccccc3)c2)cc(C(F)(F)F)c1. The summed E-state index contributed by atoms with van der Waals surface area (Å²) in [7, 11) is -3.02. The Morgan fingerprint density at radius 2 is 0.737 bits per heavy atom. The molecular formula is C65H42F6N4Si. The van der Waals surface area contributed by atoms with Gasteiger partial charge in [0.15, 0.2) is 25.5 Å². The molecule has 2 heterocycles. The zero-order chi connectivity index (χ0) is 52.0. The molecule has 12 aromatic rings. The summed E-state index contributed by atoms with van der Waals surface area (Å²) in [5, 5.41) is 6.14. The third-order valence-corrected chi connectivity index (χ3v) is 18.8. The largest absolute Gasteiger partial charge is 0.416 e. The van der Waals surface area contributed by atoms with Crippen molar-refractivity contribution in [1.29, 1.82) is 0 Å². The van der Waals surface area contributed by atoms with Gasteiger partial charge in [-0.1, -0.05) is 212 Å². The van der Waals surface area contributed by atoms with E-state index in [0.29, 0.717) is 33.9 Å². The van der Waals surface area contributed by atoms with E-state index in [9.17, 15) is 26.3 Å². The molecule has 0 aliphatic heterocycles. The first-order valence-electron chi connectivity index (χ1n) is 24.6. The number of alkyl halides is 6. The summed E-state index contributed by atoms with van der Waals surface area (Å²) in [5.74, 6) is 1.39. The highest BCUT2D eigenvalue weighted by atomic mass is 28.3. The first kappa shape index (κ1) is 47.8. The molecule has 4 nitrogen and oxygen atoms in total. The van der Waals surface area contributed by atoms with Crippen LogP contribution >= 0.6 is 0 Å². The van der Waals surface area contributed by atoms with Crippen molar-refractivity contribution in [2.24, 2.45) is 0 Å². The zero-order valence-electron chi connectivity index (χ0n) is 40.3. The van der Waals surface area contributed by atoms with Gasteiger partial charge in [0.25, 0.3) is 0 Å². The lowest BCUT2D eigenvalue weighted by atomic mass is 9.97. The molecule has 76 heavy (non-hydrogen) atoms. The maximum atomic E-state index is 14.2. The molecule has 0 radical (unpaired) electrons. The number of hydrogen-bond acceptors (Lipinski definition) is 3. The van der Waals surface area contributed by atoms with Gasteiger partial charge in [-0.25, -0.2) is 15.0 Å². The molecule has 12 rings (SSSR count). The average Bonchev–Trinajstić information content (AvgIpc) is 3.82. The average molecular weight is 1020 g/mol. The minimum atomic E-state index is -5.01. The molecule has 0 aliphatic carbocycles. The highest BCUT2D eigenvalue weighted by Crippen LogP contribution is 2.42. The maximum absolute atomic E-state index is 14.2. The molecule has 0 unspecified atom stereocenters. The van der Waals surface area contributed by atoms with E-state index in [0.717, 1.165) is 56.2 Å². The van der Waals surface area contributed by atoms with E-state index in [1.807, 2.05) is 109 Å². The predicted octanol–water partition coefficient (Wildman–Crippen LogP) is 14.7. The summed E-state index contributed by atoms with van der Waals surface area (Å²) in [6, 6.07) is 80.6. The summed E-state index contributed by atoms with van der Waals surface area (Å²) in [4.78, 5) is 15.2. The lowest BCUT2D eigenvalue weighted by Crippen LogP contribution is -2.74. The molecule has 368 valence electrons. The molecular weight excluding hydrogens is 979 g/mol. The quantitative estimate of drug-likeness (QED) is 0.0779. The van der Waals surface area contributed by atoms with Gasteiger partial charge in [0.1, 0.15) is 0 Å². The van der Waals surface area contributed by atoms with E-state index < -0.39 is 31.6 Å². The molecule has 0 atom stereocenters. The highest BCUT2D eigenvalue weighted by molar-refractivity contribution is 7.19. The minimum Gasteiger partial charge on any atom is -0.309 e. The fraction of sp³-hybridized carbons (Fsp3) is 0.0308. The van der Waals surface area contributed by atoms with Crippen molar-refractivity contribution < 1.29 is 26.3 Å². The van der Waals surface area contributed by atoms with Crippen LogP contribution < -0.4 is 20.7 Å². The fourth-order valence-electron chi connectivity index (χ4n) is 10.6. The standard InChI is InChI=1S/C65H42F6N4Si/c66-64(67,68)49-37-48(38-50(42-49)65(69,70)71)45-34-36-59-57(40-45)56-31-16-17-32-58(56)75(59)60-41-47(63-73-61(43-19-6-1-7-20-43)72-62(74-63)44-21-8-2-9-22-44)33-35-55(60)46-23-18-30-54(39-46)76(51-24-10-3-11-25-51,52-26-12-4-13-27-52)53-28-14-5-15-29-53/h1-42H. The van der Waals surface area contributed by atoms with Crippen molar-refractivity contribution in [2.75, 3.05) is 0 Å². The fourth-order valence-corrected chi connectivity index (χ4v) is 15.4. The summed E-state index contributed by atoms with van der Waals surface area (Å²) < 4.78 is 87.4. The van der Waals surface area contributed by atoms with Gasteiger partial charge < -0.3 is 4.57 Å². The molecule has 0 N–H and O–H groups in total. The predicted molar refractivity (Wildman–Crippen MR) is 295 cm³/mol. The Morgan fingerprint density at radius 3 is 1.26 bits per heavy atom. The van der Waals surface area contributed by atoms with Crippen molar-refractivity contribution in [3.05, 3.63) is 266 Å². The van der Waals surface area contributed by atoms with E-state index in [1.54, 1.807) is 18.2 Å². The van der Waals surface area contributed by atoms with Crippen molar-refractivity contribution in [3.8, 4) is 62.1 Å². The molecule has 0 bridgehead atoms. The van der Waals surface area contributed by atoms with Crippen LogP contribution in [0, 0.1) is 0 Å². The van der Waals surface area contributed by atoms with Gasteiger partial charge in [-0.15, -0.1) is 0 Å². The number of aromatic nitrogens is 4. The van der Waals surface area contributed by atoms with E-state index in [2.05, 4.69) is 114 Å². The Bertz CT molecular complexity index is 3890. The monoisotopic (exact) mass is 1020 g/mol. The second kappa shape index (κ2) is 19.3. The van der Waals surface area contributed by atoms with Crippen LogP contribution in [0.1, 0.15) is 11.1 Å². The van der Waals surface area contributed by atoms with Crippen molar-refractivity contribution >= 4 is 50.6 Å². The van der Waals surface area contributed by atoms with Crippen LogP contribution in [0.4, 0.5) is 26.3 Å². The van der Waals surface area contributed by atoms with Crippen LogP contribution in [0.2, 0.25) is 0 Å². The number of benzene rings is 10. The highest BCUT2D eigenvalue weighted by Gasteiger charge is 2.42. The summed E-state index contributed by atoms with van der Waals surface area (Å²) in [6.45, 7) is 0. The van der Waals surface area contributed by atoms with Crippen LogP contribution in [0.5, 0.6) is 0 Å². The number of halogens is 6. The second-order valence-corrected chi connectivity index (χ2v) is 22.4. The molecule has 11 heteroatoms. The van der Waals surface area contributed by atoms with Crippen molar-refractivity contribution in [3.63, 3.8) is 0 Å². The molecule has 0 spiro atoms. The molecule has 2 aromatic heterocycles. The first-order valence-corrected chi connectivity index (χ1v) is 26.6. The van der Waals surface area contributed by atoms with E-state index in [-0.39, 0.29) is 17.2 Å². The summed E-state index contributed by atoms with van der Waals surface area (Å²) in [6.07, 6.45) is -10.0. The number of nitrogens with zero attached hydrogens (tertiary/aromatic N) is 4. The Balaban J connectivity index is 1.13. The summed E-state index contributed by atoms with van der Waals surface area (Å²) in [5.41, 5.74) is 3.46. The molecule has 0 aliphatic rings. The smallest absolute Gasteiger partial charge is 0.309 e. The van der Waals surface area contributed by atoms with Gasteiger partial charge in [0.2, 0.25) is 0 Å². The van der Waals surface area contributed by atoms with Crippen LogP contribution in [-0.2, 0) is 12.4 Å². The van der Waals surface area contributed by atoms with Gasteiger partial charge in [0, 0.05) is 33.0 Å². The van der Waals surface area contributed by atoms with Gasteiger partial charge >= 0.3 is 12.4 Å². The number of rotatable bonds is 10. The minimum absolute atomic E-state index is 0.154. The zero-order valence-corrected chi connectivity index (χ0v) is 41.3. The van der Waals surface area contributed by atoms with Crippen molar-refractivity contribution in [1.82, 2.24) is 19.5 Å². The molecule has 0 fully saturated rings. The first-order chi connectivity index (χ1) is 36.9. The maximum Gasteiger partial charge on any atom is 0.416 e. The van der Waals surface area contributed by atoms with Crippen molar-refractivity contribution in [2.45, 2.75) is 12.4 Å². The Hall–Kier alpha value is -9.19. The van der Waals surface area contributed by atoms with Gasteiger partial charge in [-0.2, -0.15) is 26.3 Å². The van der Waals surface area contributed by atoms with E-state index >= 15 is 0 Å².